The van der Waals surface area contributed by atoms with Crippen molar-refractivity contribution in [2.75, 3.05) is 39.4 Å². The molecular formula is C11H21F3N2O. The second-order valence-electron chi connectivity index (χ2n) is 4.73. The van der Waals surface area contributed by atoms with Gasteiger partial charge in [0.15, 0.2) is 0 Å². The Morgan fingerprint density at radius 1 is 1.41 bits per heavy atom. The fourth-order valence-corrected chi connectivity index (χ4v) is 2.12. The number of alkyl halides is 3. The van der Waals surface area contributed by atoms with E-state index < -0.39 is 12.8 Å². The second kappa shape index (κ2) is 6.56. The molecule has 0 aromatic heterocycles. The van der Waals surface area contributed by atoms with Crippen LogP contribution in [0.5, 0.6) is 0 Å². The molecule has 1 aliphatic rings. The Morgan fingerprint density at radius 3 is 2.71 bits per heavy atom. The summed E-state index contributed by atoms with van der Waals surface area (Å²) >= 11 is 0. The molecule has 1 rings (SSSR count). The lowest BCUT2D eigenvalue weighted by Crippen LogP contribution is -2.43. The highest BCUT2D eigenvalue weighted by Gasteiger charge is 2.28. The SMILES string of the molecule is CC1CCN(CCOCC(F)(F)F)CC1CN. The van der Waals surface area contributed by atoms with E-state index in [1.165, 1.54) is 0 Å². The normalized spacial score (nSPS) is 27.4. The maximum absolute atomic E-state index is 11.8. The van der Waals surface area contributed by atoms with Crippen molar-refractivity contribution < 1.29 is 17.9 Å². The van der Waals surface area contributed by atoms with Crippen molar-refractivity contribution >= 4 is 0 Å². The van der Waals surface area contributed by atoms with Gasteiger partial charge in [-0.3, -0.25) is 0 Å². The second-order valence-corrected chi connectivity index (χ2v) is 4.73. The molecule has 0 spiro atoms. The van der Waals surface area contributed by atoms with Gasteiger partial charge in [-0.05, 0) is 31.3 Å². The van der Waals surface area contributed by atoms with Gasteiger partial charge < -0.3 is 15.4 Å². The largest absolute Gasteiger partial charge is 0.411 e. The maximum Gasteiger partial charge on any atom is 0.411 e. The minimum absolute atomic E-state index is 0.130. The molecule has 6 heteroatoms. The van der Waals surface area contributed by atoms with Crippen molar-refractivity contribution in [1.29, 1.82) is 0 Å². The van der Waals surface area contributed by atoms with Crippen LogP contribution in [-0.2, 0) is 4.74 Å². The summed E-state index contributed by atoms with van der Waals surface area (Å²) in [6.07, 6.45) is -3.17. The summed E-state index contributed by atoms with van der Waals surface area (Å²) < 4.78 is 40.1. The van der Waals surface area contributed by atoms with Crippen LogP contribution < -0.4 is 5.73 Å². The van der Waals surface area contributed by atoms with Gasteiger partial charge in [-0.2, -0.15) is 13.2 Å². The molecule has 1 fully saturated rings. The Balaban J connectivity index is 2.16. The molecule has 3 nitrogen and oxygen atoms in total. The fraction of sp³-hybridized carbons (Fsp3) is 1.00. The molecule has 0 radical (unpaired) electrons. The Morgan fingerprint density at radius 2 is 2.12 bits per heavy atom. The Bertz CT molecular complexity index is 223. The minimum atomic E-state index is -4.23. The number of halogens is 3. The summed E-state index contributed by atoms with van der Waals surface area (Å²) in [5.74, 6) is 1.05. The molecule has 0 saturated carbocycles. The molecule has 0 aromatic rings. The first-order chi connectivity index (χ1) is 7.92. The number of hydrogen-bond acceptors (Lipinski definition) is 3. The van der Waals surface area contributed by atoms with E-state index in [0.717, 1.165) is 19.5 Å². The van der Waals surface area contributed by atoms with Crippen molar-refractivity contribution in [2.45, 2.75) is 19.5 Å². The topological polar surface area (TPSA) is 38.5 Å². The van der Waals surface area contributed by atoms with Gasteiger partial charge >= 0.3 is 6.18 Å². The molecule has 1 aliphatic heterocycles. The predicted molar refractivity (Wildman–Crippen MR) is 59.6 cm³/mol. The van der Waals surface area contributed by atoms with Crippen LogP contribution in [0, 0.1) is 11.8 Å². The summed E-state index contributed by atoms with van der Waals surface area (Å²) in [6.45, 7) is 4.14. The molecule has 17 heavy (non-hydrogen) atoms. The van der Waals surface area contributed by atoms with E-state index in [9.17, 15) is 13.2 Å². The number of ether oxygens (including phenoxy) is 1. The molecule has 0 aliphatic carbocycles. The fourth-order valence-electron chi connectivity index (χ4n) is 2.12. The summed E-state index contributed by atoms with van der Waals surface area (Å²) in [7, 11) is 0. The molecule has 0 amide bonds. The third kappa shape index (κ3) is 5.70. The van der Waals surface area contributed by atoms with E-state index in [2.05, 4.69) is 16.6 Å². The lowest BCUT2D eigenvalue weighted by Gasteiger charge is -2.36. The van der Waals surface area contributed by atoms with Gasteiger partial charge in [0.2, 0.25) is 0 Å². The van der Waals surface area contributed by atoms with Gasteiger partial charge in [0.25, 0.3) is 0 Å². The van der Waals surface area contributed by atoms with Crippen molar-refractivity contribution in [3.8, 4) is 0 Å². The van der Waals surface area contributed by atoms with Gasteiger partial charge in [0, 0.05) is 13.1 Å². The zero-order chi connectivity index (χ0) is 12.9. The van der Waals surface area contributed by atoms with E-state index in [1.54, 1.807) is 0 Å². The van der Waals surface area contributed by atoms with Crippen LogP contribution in [0.2, 0.25) is 0 Å². The summed E-state index contributed by atoms with van der Waals surface area (Å²) in [5, 5.41) is 0. The lowest BCUT2D eigenvalue weighted by molar-refractivity contribution is -0.174. The number of hydrogen-bond donors (Lipinski definition) is 1. The summed E-state index contributed by atoms with van der Waals surface area (Å²) in [6, 6.07) is 0. The van der Waals surface area contributed by atoms with Crippen LogP contribution in [0.15, 0.2) is 0 Å². The molecule has 2 N–H and O–H groups in total. The predicted octanol–water partition coefficient (Wildman–Crippen LogP) is 1.48. The lowest BCUT2D eigenvalue weighted by atomic mass is 9.87. The third-order valence-corrected chi connectivity index (χ3v) is 3.32. The van der Waals surface area contributed by atoms with Crippen molar-refractivity contribution in [3.05, 3.63) is 0 Å². The van der Waals surface area contributed by atoms with E-state index in [-0.39, 0.29) is 6.61 Å². The van der Waals surface area contributed by atoms with Gasteiger partial charge in [0.1, 0.15) is 6.61 Å². The summed E-state index contributed by atoms with van der Waals surface area (Å²) in [5.41, 5.74) is 5.66. The number of rotatable bonds is 5. The maximum atomic E-state index is 11.8. The van der Waals surface area contributed by atoms with E-state index >= 15 is 0 Å². The zero-order valence-corrected chi connectivity index (χ0v) is 10.2. The number of likely N-dealkylation sites (tertiary alicyclic amines) is 1. The quantitative estimate of drug-likeness (QED) is 0.755. The highest BCUT2D eigenvalue weighted by atomic mass is 19.4. The molecular weight excluding hydrogens is 233 g/mol. The van der Waals surface area contributed by atoms with Crippen LogP contribution in [0.25, 0.3) is 0 Å². The average molecular weight is 254 g/mol. The van der Waals surface area contributed by atoms with E-state index in [4.69, 9.17) is 5.73 Å². The number of nitrogens with zero attached hydrogens (tertiary/aromatic N) is 1. The zero-order valence-electron chi connectivity index (χ0n) is 10.2. The van der Waals surface area contributed by atoms with Crippen LogP contribution in [0.3, 0.4) is 0 Å². The molecule has 1 saturated heterocycles. The average Bonchev–Trinajstić information content (AvgIpc) is 2.25. The number of piperidine rings is 1. The number of nitrogens with two attached hydrogens (primary N) is 1. The Labute approximate surface area is 100 Å². The highest BCUT2D eigenvalue weighted by molar-refractivity contribution is 4.78. The molecule has 1 heterocycles. The van der Waals surface area contributed by atoms with Crippen LogP contribution in [-0.4, -0.2) is 50.5 Å². The smallest absolute Gasteiger partial charge is 0.371 e. The van der Waals surface area contributed by atoms with E-state index in [0.29, 0.717) is 24.9 Å². The molecule has 0 aromatic carbocycles. The minimum Gasteiger partial charge on any atom is -0.371 e. The molecule has 2 unspecified atom stereocenters. The third-order valence-electron chi connectivity index (χ3n) is 3.32. The van der Waals surface area contributed by atoms with E-state index in [1.807, 2.05) is 0 Å². The van der Waals surface area contributed by atoms with Gasteiger partial charge in [-0.1, -0.05) is 6.92 Å². The summed E-state index contributed by atoms with van der Waals surface area (Å²) in [4.78, 5) is 2.13. The van der Waals surface area contributed by atoms with Crippen molar-refractivity contribution in [2.24, 2.45) is 17.6 Å². The van der Waals surface area contributed by atoms with Crippen molar-refractivity contribution in [1.82, 2.24) is 4.90 Å². The first-order valence-corrected chi connectivity index (χ1v) is 5.99. The Hall–Kier alpha value is -0.330. The van der Waals surface area contributed by atoms with Crippen LogP contribution >= 0.6 is 0 Å². The molecule has 102 valence electrons. The standard InChI is InChI=1S/C11H21F3N2O/c1-9-2-3-16(7-10(9)6-15)4-5-17-8-11(12,13)14/h9-10H,2-8,15H2,1H3. The van der Waals surface area contributed by atoms with Crippen LogP contribution in [0.4, 0.5) is 13.2 Å². The first-order valence-electron chi connectivity index (χ1n) is 5.99. The monoisotopic (exact) mass is 254 g/mol. The first kappa shape index (κ1) is 14.7. The van der Waals surface area contributed by atoms with Crippen molar-refractivity contribution in [3.63, 3.8) is 0 Å². The van der Waals surface area contributed by atoms with Gasteiger partial charge in [-0.25, -0.2) is 0 Å². The van der Waals surface area contributed by atoms with Gasteiger partial charge in [-0.15, -0.1) is 0 Å². The highest BCUT2D eigenvalue weighted by Crippen LogP contribution is 2.22. The van der Waals surface area contributed by atoms with Crippen LogP contribution in [0.1, 0.15) is 13.3 Å². The molecule has 0 bridgehead atoms. The van der Waals surface area contributed by atoms with Gasteiger partial charge in [0.05, 0.1) is 6.61 Å². The Kier molecular flexibility index (Phi) is 5.69. The molecule has 2 atom stereocenters.